The van der Waals surface area contributed by atoms with Gasteiger partial charge < -0.3 is 10.6 Å². The fourth-order valence-corrected chi connectivity index (χ4v) is 1.94. The molecule has 2 N–H and O–H groups in total. The summed E-state index contributed by atoms with van der Waals surface area (Å²) in [5.74, 6) is -0.186. The summed E-state index contributed by atoms with van der Waals surface area (Å²) in [6, 6.07) is 7.73. The molecule has 0 aliphatic heterocycles. The Bertz CT molecular complexity index is 460. The summed E-state index contributed by atoms with van der Waals surface area (Å²) in [5.41, 5.74) is 1.94. The van der Waals surface area contributed by atoms with Crippen molar-refractivity contribution in [2.45, 2.75) is 20.3 Å². The van der Waals surface area contributed by atoms with Gasteiger partial charge in [0.15, 0.2) is 0 Å². The van der Waals surface area contributed by atoms with Gasteiger partial charge in [-0.05, 0) is 32.0 Å². The van der Waals surface area contributed by atoms with Crippen molar-refractivity contribution in [2.24, 2.45) is 0 Å². The maximum Gasteiger partial charge on any atom is 0.238 e. The summed E-state index contributed by atoms with van der Waals surface area (Å²) in [7, 11) is 1.75. The molecular formula is C15H23N3O2. The number of nitrogens with one attached hydrogen (secondary N) is 2. The number of benzene rings is 1. The molecule has 5 nitrogen and oxygen atoms in total. The lowest BCUT2D eigenvalue weighted by Crippen LogP contribution is -2.38. The average Bonchev–Trinajstić information content (AvgIpc) is 2.39. The lowest BCUT2D eigenvalue weighted by atomic mass is 10.1. The fourth-order valence-electron chi connectivity index (χ4n) is 1.94. The average molecular weight is 277 g/mol. The molecule has 0 bridgehead atoms. The smallest absolute Gasteiger partial charge is 0.238 e. The largest absolute Gasteiger partial charge is 0.355 e. The van der Waals surface area contributed by atoms with Gasteiger partial charge in [0.25, 0.3) is 0 Å². The lowest BCUT2D eigenvalue weighted by Gasteiger charge is -2.16. The first kappa shape index (κ1) is 16.2. The van der Waals surface area contributed by atoms with Crippen LogP contribution < -0.4 is 10.6 Å². The normalized spacial score (nSPS) is 10.4. The van der Waals surface area contributed by atoms with Gasteiger partial charge >= 0.3 is 0 Å². The van der Waals surface area contributed by atoms with E-state index in [1.807, 2.05) is 38.1 Å². The molecule has 0 heterocycles. The van der Waals surface area contributed by atoms with Gasteiger partial charge in [-0.3, -0.25) is 14.5 Å². The minimum absolute atomic E-state index is 0.0724. The molecule has 110 valence electrons. The Labute approximate surface area is 120 Å². The van der Waals surface area contributed by atoms with Gasteiger partial charge in [-0.15, -0.1) is 0 Å². The number of hydrogen-bond acceptors (Lipinski definition) is 3. The van der Waals surface area contributed by atoms with Crippen molar-refractivity contribution in [1.82, 2.24) is 10.2 Å². The van der Waals surface area contributed by atoms with Gasteiger partial charge in [-0.25, -0.2) is 0 Å². The molecule has 0 saturated carbocycles. The second kappa shape index (κ2) is 8.32. The molecule has 0 unspecified atom stereocenters. The number of carbonyl (C=O) groups excluding carboxylic acids is 2. The quantitative estimate of drug-likeness (QED) is 0.788. The van der Waals surface area contributed by atoms with Crippen LogP contribution in [0, 0.1) is 0 Å². The van der Waals surface area contributed by atoms with E-state index in [0.29, 0.717) is 6.54 Å². The zero-order chi connectivity index (χ0) is 15.0. The first-order chi connectivity index (χ1) is 9.56. The summed E-state index contributed by atoms with van der Waals surface area (Å²) in [4.78, 5) is 25.0. The summed E-state index contributed by atoms with van der Waals surface area (Å²) < 4.78 is 0. The number of rotatable bonds is 7. The van der Waals surface area contributed by atoms with Crippen LogP contribution in [0.3, 0.4) is 0 Å². The van der Waals surface area contributed by atoms with Crippen molar-refractivity contribution in [1.29, 1.82) is 0 Å². The van der Waals surface area contributed by atoms with E-state index in [0.717, 1.165) is 17.7 Å². The molecular weight excluding hydrogens is 254 g/mol. The molecule has 20 heavy (non-hydrogen) atoms. The van der Waals surface area contributed by atoms with E-state index in [9.17, 15) is 9.59 Å². The van der Waals surface area contributed by atoms with Crippen molar-refractivity contribution in [3.63, 3.8) is 0 Å². The van der Waals surface area contributed by atoms with E-state index in [1.54, 1.807) is 11.9 Å². The van der Waals surface area contributed by atoms with Crippen LogP contribution in [0.15, 0.2) is 24.3 Å². The highest BCUT2D eigenvalue weighted by Crippen LogP contribution is 2.15. The van der Waals surface area contributed by atoms with E-state index in [2.05, 4.69) is 10.6 Å². The van der Waals surface area contributed by atoms with Crippen LogP contribution in [0.1, 0.15) is 19.4 Å². The number of amides is 2. The molecule has 1 rings (SSSR count). The molecule has 0 radical (unpaired) electrons. The third-order valence-electron chi connectivity index (χ3n) is 2.87. The minimum Gasteiger partial charge on any atom is -0.355 e. The van der Waals surface area contributed by atoms with Crippen molar-refractivity contribution in [2.75, 3.05) is 32.0 Å². The van der Waals surface area contributed by atoms with Crippen LogP contribution in [0.5, 0.6) is 0 Å². The maximum absolute atomic E-state index is 11.9. The third kappa shape index (κ3) is 5.40. The standard InChI is InChI=1S/C15H23N3O2/c1-4-12-8-6-7-9-13(12)17-15(20)11-18(3)10-14(19)16-5-2/h6-9H,4-5,10-11H2,1-3H3,(H,16,19)(H,17,20). The summed E-state index contributed by atoms with van der Waals surface area (Å²) >= 11 is 0. The Morgan fingerprint density at radius 1 is 1.10 bits per heavy atom. The Hall–Kier alpha value is -1.88. The SMILES string of the molecule is CCNC(=O)CN(C)CC(=O)Nc1ccccc1CC. The molecule has 5 heteroatoms. The van der Waals surface area contributed by atoms with E-state index in [-0.39, 0.29) is 24.9 Å². The predicted molar refractivity (Wildman–Crippen MR) is 80.6 cm³/mol. The molecule has 1 aromatic rings. The summed E-state index contributed by atoms with van der Waals surface area (Å²) in [6.07, 6.45) is 0.866. The fraction of sp³-hybridized carbons (Fsp3) is 0.467. The van der Waals surface area contributed by atoms with Gasteiger partial charge in [0.2, 0.25) is 11.8 Å². The topological polar surface area (TPSA) is 61.4 Å². The van der Waals surface area contributed by atoms with E-state index in [1.165, 1.54) is 0 Å². The predicted octanol–water partition coefficient (Wildman–Crippen LogP) is 1.26. The number of anilines is 1. The molecule has 0 aromatic heterocycles. The minimum atomic E-state index is -0.113. The summed E-state index contributed by atoms with van der Waals surface area (Å²) in [6.45, 7) is 4.92. The molecule has 0 aliphatic carbocycles. The zero-order valence-electron chi connectivity index (χ0n) is 12.4. The first-order valence-electron chi connectivity index (χ1n) is 6.89. The van der Waals surface area contributed by atoms with Gasteiger partial charge in [0, 0.05) is 12.2 Å². The first-order valence-corrected chi connectivity index (χ1v) is 6.89. The Balaban J connectivity index is 2.49. The molecule has 0 spiro atoms. The van der Waals surface area contributed by atoms with Crippen molar-refractivity contribution < 1.29 is 9.59 Å². The Kier molecular flexibility index (Phi) is 6.73. The van der Waals surface area contributed by atoms with E-state index >= 15 is 0 Å². The lowest BCUT2D eigenvalue weighted by molar-refractivity contribution is -0.122. The van der Waals surface area contributed by atoms with Gasteiger partial charge in [-0.1, -0.05) is 25.1 Å². The van der Waals surface area contributed by atoms with Crippen molar-refractivity contribution in [3.05, 3.63) is 29.8 Å². The molecule has 2 amide bonds. The van der Waals surface area contributed by atoms with Crippen molar-refractivity contribution >= 4 is 17.5 Å². The molecule has 0 fully saturated rings. The number of para-hydroxylation sites is 1. The van der Waals surface area contributed by atoms with Crippen LogP contribution in [-0.4, -0.2) is 43.4 Å². The van der Waals surface area contributed by atoms with Crippen molar-refractivity contribution in [3.8, 4) is 0 Å². The molecule has 0 saturated heterocycles. The third-order valence-corrected chi connectivity index (χ3v) is 2.87. The Morgan fingerprint density at radius 2 is 1.75 bits per heavy atom. The molecule has 0 aliphatic rings. The van der Waals surface area contributed by atoms with E-state index < -0.39 is 0 Å². The Morgan fingerprint density at radius 3 is 2.40 bits per heavy atom. The highest BCUT2D eigenvalue weighted by atomic mass is 16.2. The maximum atomic E-state index is 11.9. The highest BCUT2D eigenvalue weighted by Gasteiger charge is 2.11. The molecule has 1 aromatic carbocycles. The molecule has 0 atom stereocenters. The van der Waals surface area contributed by atoms with Gasteiger partial charge in [0.05, 0.1) is 13.1 Å². The van der Waals surface area contributed by atoms with Crippen LogP contribution in [0.4, 0.5) is 5.69 Å². The number of hydrogen-bond donors (Lipinski definition) is 2. The highest BCUT2D eigenvalue weighted by molar-refractivity contribution is 5.93. The number of likely N-dealkylation sites (N-methyl/N-ethyl adjacent to an activating group) is 2. The van der Waals surface area contributed by atoms with Crippen LogP contribution in [0.25, 0.3) is 0 Å². The zero-order valence-corrected chi connectivity index (χ0v) is 12.4. The summed E-state index contributed by atoms with van der Waals surface area (Å²) in [5, 5.41) is 5.59. The van der Waals surface area contributed by atoms with E-state index in [4.69, 9.17) is 0 Å². The van der Waals surface area contributed by atoms with Gasteiger partial charge in [0.1, 0.15) is 0 Å². The number of carbonyl (C=O) groups is 2. The van der Waals surface area contributed by atoms with Crippen LogP contribution >= 0.6 is 0 Å². The number of aryl methyl sites for hydroxylation is 1. The second-order valence-electron chi connectivity index (χ2n) is 4.68. The second-order valence-corrected chi connectivity index (χ2v) is 4.68. The monoisotopic (exact) mass is 277 g/mol. The number of nitrogens with zero attached hydrogens (tertiary/aromatic N) is 1. The van der Waals surface area contributed by atoms with Crippen LogP contribution in [0.2, 0.25) is 0 Å². The van der Waals surface area contributed by atoms with Crippen LogP contribution in [-0.2, 0) is 16.0 Å². The van der Waals surface area contributed by atoms with Gasteiger partial charge in [-0.2, -0.15) is 0 Å².